The molecular formula is C13H16ClNO2. The van der Waals surface area contributed by atoms with Crippen molar-refractivity contribution < 1.29 is 9.47 Å². The van der Waals surface area contributed by atoms with Gasteiger partial charge in [-0.2, -0.15) is 0 Å². The molecule has 1 fully saturated rings. The third kappa shape index (κ3) is 1.60. The summed E-state index contributed by atoms with van der Waals surface area (Å²) in [6.07, 6.45) is 4.68. The van der Waals surface area contributed by atoms with E-state index in [9.17, 15) is 0 Å². The number of benzene rings is 1. The highest BCUT2D eigenvalue weighted by Gasteiger charge is 2.37. The van der Waals surface area contributed by atoms with Crippen molar-refractivity contribution in [3.63, 3.8) is 0 Å². The van der Waals surface area contributed by atoms with Gasteiger partial charge in [-0.05, 0) is 24.5 Å². The molecule has 0 spiro atoms. The molecular weight excluding hydrogens is 238 g/mol. The van der Waals surface area contributed by atoms with Gasteiger partial charge in [0, 0.05) is 12.0 Å². The first-order valence-electron chi connectivity index (χ1n) is 6.05. The van der Waals surface area contributed by atoms with Crippen LogP contribution >= 0.6 is 11.6 Å². The molecule has 17 heavy (non-hydrogen) atoms. The Balaban J connectivity index is 2.09. The number of nitrogens with two attached hydrogens (primary N) is 1. The second-order valence-electron chi connectivity index (χ2n) is 4.85. The van der Waals surface area contributed by atoms with Gasteiger partial charge in [0.25, 0.3) is 0 Å². The van der Waals surface area contributed by atoms with Crippen LogP contribution in [0.4, 0.5) is 0 Å². The summed E-state index contributed by atoms with van der Waals surface area (Å²) in [6, 6.07) is 3.99. The van der Waals surface area contributed by atoms with E-state index in [0.29, 0.717) is 17.3 Å². The van der Waals surface area contributed by atoms with Crippen LogP contribution in [0.5, 0.6) is 11.5 Å². The Kier molecular flexibility index (Phi) is 2.68. The van der Waals surface area contributed by atoms with Crippen molar-refractivity contribution in [1.82, 2.24) is 0 Å². The fourth-order valence-corrected chi connectivity index (χ4v) is 3.39. The molecule has 1 aliphatic heterocycles. The Bertz CT molecular complexity index is 441. The fourth-order valence-electron chi connectivity index (χ4n) is 2.98. The molecule has 0 unspecified atom stereocenters. The van der Waals surface area contributed by atoms with Gasteiger partial charge < -0.3 is 15.2 Å². The second-order valence-corrected chi connectivity index (χ2v) is 5.23. The molecule has 1 aliphatic carbocycles. The molecule has 3 nitrogen and oxygen atoms in total. The van der Waals surface area contributed by atoms with Gasteiger partial charge in [-0.25, -0.2) is 0 Å². The maximum Gasteiger partial charge on any atom is 0.231 e. The minimum atomic E-state index is 0.0397. The van der Waals surface area contributed by atoms with E-state index in [4.69, 9.17) is 26.8 Å². The molecule has 0 amide bonds. The van der Waals surface area contributed by atoms with E-state index in [1.807, 2.05) is 12.1 Å². The monoisotopic (exact) mass is 253 g/mol. The molecule has 1 aromatic rings. The SMILES string of the molecule is NCC1(c2ccc3c(c2Cl)OCO3)CCCC1. The third-order valence-corrected chi connectivity index (χ3v) is 4.38. The summed E-state index contributed by atoms with van der Waals surface area (Å²) in [5.41, 5.74) is 7.15. The van der Waals surface area contributed by atoms with Gasteiger partial charge in [0.05, 0.1) is 5.02 Å². The Morgan fingerprint density at radius 1 is 1.24 bits per heavy atom. The molecule has 0 atom stereocenters. The summed E-state index contributed by atoms with van der Waals surface area (Å²) < 4.78 is 10.7. The smallest absolute Gasteiger partial charge is 0.231 e. The van der Waals surface area contributed by atoms with E-state index in [-0.39, 0.29) is 12.2 Å². The van der Waals surface area contributed by atoms with Crippen LogP contribution in [-0.2, 0) is 5.41 Å². The van der Waals surface area contributed by atoms with Crippen molar-refractivity contribution in [2.24, 2.45) is 5.73 Å². The Hall–Kier alpha value is -0.930. The predicted molar refractivity (Wildman–Crippen MR) is 66.8 cm³/mol. The summed E-state index contributed by atoms with van der Waals surface area (Å²) in [4.78, 5) is 0. The van der Waals surface area contributed by atoms with Gasteiger partial charge in [-0.15, -0.1) is 0 Å². The van der Waals surface area contributed by atoms with E-state index in [2.05, 4.69) is 0 Å². The zero-order chi connectivity index (χ0) is 11.9. The first kappa shape index (κ1) is 11.2. The molecule has 0 aromatic heterocycles. The number of hydrogen-bond donors (Lipinski definition) is 1. The molecule has 2 N–H and O–H groups in total. The topological polar surface area (TPSA) is 44.5 Å². The molecule has 0 saturated heterocycles. The summed E-state index contributed by atoms with van der Waals surface area (Å²) in [5.74, 6) is 1.42. The predicted octanol–water partition coefficient (Wildman–Crippen LogP) is 2.84. The van der Waals surface area contributed by atoms with Crippen molar-refractivity contribution >= 4 is 11.6 Å². The Morgan fingerprint density at radius 2 is 2.00 bits per heavy atom. The van der Waals surface area contributed by atoms with E-state index in [1.165, 1.54) is 12.8 Å². The van der Waals surface area contributed by atoms with E-state index >= 15 is 0 Å². The molecule has 0 radical (unpaired) electrons. The van der Waals surface area contributed by atoms with Gasteiger partial charge >= 0.3 is 0 Å². The van der Waals surface area contributed by atoms with Gasteiger partial charge in [-0.1, -0.05) is 30.5 Å². The normalized spacial score (nSPS) is 20.8. The maximum absolute atomic E-state index is 6.44. The van der Waals surface area contributed by atoms with Crippen molar-refractivity contribution in [2.45, 2.75) is 31.1 Å². The second kappa shape index (κ2) is 4.07. The molecule has 1 aromatic carbocycles. The molecule has 1 heterocycles. The highest BCUT2D eigenvalue weighted by Crippen LogP contribution is 2.49. The average molecular weight is 254 g/mol. The lowest BCUT2D eigenvalue weighted by Gasteiger charge is -2.29. The molecule has 0 bridgehead atoms. The van der Waals surface area contributed by atoms with Crippen LogP contribution < -0.4 is 15.2 Å². The first-order chi connectivity index (χ1) is 8.27. The van der Waals surface area contributed by atoms with Crippen LogP contribution in [0.15, 0.2) is 12.1 Å². The Labute approximate surface area is 106 Å². The van der Waals surface area contributed by atoms with Gasteiger partial charge in [-0.3, -0.25) is 0 Å². The van der Waals surface area contributed by atoms with Gasteiger partial charge in [0.1, 0.15) is 0 Å². The summed E-state index contributed by atoms with van der Waals surface area (Å²) in [7, 11) is 0. The van der Waals surface area contributed by atoms with E-state index < -0.39 is 0 Å². The minimum Gasteiger partial charge on any atom is -0.454 e. The number of ether oxygens (including phenoxy) is 2. The van der Waals surface area contributed by atoms with Crippen LogP contribution in [0.1, 0.15) is 31.2 Å². The van der Waals surface area contributed by atoms with Gasteiger partial charge in [0.15, 0.2) is 11.5 Å². The number of fused-ring (bicyclic) bond motifs is 1. The van der Waals surface area contributed by atoms with Crippen LogP contribution in [0.25, 0.3) is 0 Å². The van der Waals surface area contributed by atoms with E-state index in [0.717, 1.165) is 24.2 Å². The molecule has 1 saturated carbocycles. The highest BCUT2D eigenvalue weighted by atomic mass is 35.5. The largest absolute Gasteiger partial charge is 0.454 e. The number of hydrogen-bond acceptors (Lipinski definition) is 3. The zero-order valence-corrected chi connectivity index (χ0v) is 10.4. The van der Waals surface area contributed by atoms with Crippen LogP contribution in [0, 0.1) is 0 Å². The highest BCUT2D eigenvalue weighted by molar-refractivity contribution is 6.33. The molecule has 3 rings (SSSR count). The maximum atomic E-state index is 6.44. The lowest BCUT2D eigenvalue weighted by molar-refractivity contribution is 0.174. The number of rotatable bonds is 2. The molecule has 92 valence electrons. The van der Waals surface area contributed by atoms with Crippen LogP contribution in [-0.4, -0.2) is 13.3 Å². The Morgan fingerprint density at radius 3 is 2.71 bits per heavy atom. The third-order valence-electron chi connectivity index (χ3n) is 4.00. The summed E-state index contributed by atoms with van der Waals surface area (Å²) in [6.45, 7) is 0.903. The van der Waals surface area contributed by atoms with Crippen LogP contribution in [0.2, 0.25) is 5.02 Å². The minimum absolute atomic E-state index is 0.0397. The average Bonchev–Trinajstić information content (AvgIpc) is 2.98. The zero-order valence-electron chi connectivity index (χ0n) is 9.67. The van der Waals surface area contributed by atoms with Gasteiger partial charge in [0.2, 0.25) is 6.79 Å². The summed E-state index contributed by atoms with van der Waals surface area (Å²) in [5, 5.41) is 0.687. The van der Waals surface area contributed by atoms with Crippen molar-refractivity contribution in [1.29, 1.82) is 0 Å². The van der Waals surface area contributed by atoms with Crippen molar-refractivity contribution in [2.75, 3.05) is 13.3 Å². The van der Waals surface area contributed by atoms with E-state index in [1.54, 1.807) is 0 Å². The lowest BCUT2D eigenvalue weighted by atomic mass is 9.79. The first-order valence-corrected chi connectivity index (χ1v) is 6.43. The van der Waals surface area contributed by atoms with Crippen LogP contribution in [0.3, 0.4) is 0 Å². The quantitative estimate of drug-likeness (QED) is 0.882. The number of halogens is 1. The molecule has 2 aliphatic rings. The standard InChI is InChI=1S/C13H16ClNO2/c14-11-9(13(7-15)5-1-2-6-13)3-4-10-12(11)17-8-16-10/h3-4H,1-2,5-8,15H2. The van der Waals surface area contributed by atoms with Crippen molar-refractivity contribution in [3.8, 4) is 11.5 Å². The fraction of sp³-hybridized carbons (Fsp3) is 0.538. The lowest BCUT2D eigenvalue weighted by Crippen LogP contribution is -2.32. The molecule has 4 heteroatoms. The summed E-state index contributed by atoms with van der Waals surface area (Å²) >= 11 is 6.44. The van der Waals surface area contributed by atoms with Crippen molar-refractivity contribution in [3.05, 3.63) is 22.7 Å².